The second-order valence-electron chi connectivity index (χ2n) is 18.4. The molecule has 0 N–H and O–H groups in total. The highest BCUT2D eigenvalue weighted by molar-refractivity contribution is 7.81. The first kappa shape index (κ1) is 50.5. The molecule has 0 radical (unpaired) electrons. The minimum absolute atomic E-state index is 0.600. The summed E-state index contributed by atoms with van der Waals surface area (Å²) in [6.07, 6.45) is 0. The lowest BCUT2D eigenvalue weighted by molar-refractivity contribution is 0.691. The minimum Gasteiger partial charge on any atom is -0.143 e. The van der Waals surface area contributed by atoms with Crippen molar-refractivity contribution in [2.24, 2.45) is 0 Å². The molecular weight excluding hydrogens is 1030 g/mol. The maximum atomic E-state index is 4.97. The van der Waals surface area contributed by atoms with E-state index in [0.717, 1.165) is 128 Å². The van der Waals surface area contributed by atoms with Gasteiger partial charge in [0.25, 0.3) is 0 Å². The van der Waals surface area contributed by atoms with Crippen molar-refractivity contribution in [2.75, 3.05) is 0 Å². The zero-order chi connectivity index (χ0) is 50.3. The van der Waals surface area contributed by atoms with Crippen LogP contribution in [0.3, 0.4) is 0 Å². The maximum Gasteiger partial charge on any atom is 0.0423 e. The highest BCUT2D eigenvalue weighted by Crippen LogP contribution is 2.48. The van der Waals surface area contributed by atoms with E-state index in [1.165, 1.54) is 0 Å². The molecule has 8 heteroatoms. The third-order valence-electron chi connectivity index (χ3n) is 14.3. The van der Waals surface area contributed by atoms with Gasteiger partial charge in [0, 0.05) is 50.0 Å². The molecule has 0 aliphatic rings. The average molecular weight is 1080 g/mol. The Morgan fingerprint density at radius 3 is 0.625 bits per heavy atom. The van der Waals surface area contributed by atoms with E-state index in [1.807, 2.05) is 72.8 Å². The fraction of sp³-hybridized carbons (Fsp3) is 0.0625. The van der Waals surface area contributed by atoms with Gasteiger partial charge in [0.05, 0.1) is 0 Å². The van der Waals surface area contributed by atoms with Gasteiger partial charge in [-0.05, 0) is 176 Å². The van der Waals surface area contributed by atoms with Crippen LogP contribution in [-0.4, -0.2) is 0 Å². The lowest BCUT2D eigenvalue weighted by Crippen LogP contribution is -2.26. The van der Waals surface area contributed by atoms with Gasteiger partial charge in [-0.25, -0.2) is 0 Å². The molecule has 354 valence electrons. The Kier molecular flexibility index (Phi) is 14.8. The first-order valence-corrected chi connectivity index (χ1v) is 27.0. The Morgan fingerprint density at radius 1 is 0.208 bits per heavy atom. The average Bonchev–Trinajstić information content (AvgIpc) is 3.40. The third-order valence-corrected chi connectivity index (χ3v) is 17.5. The molecule has 0 bridgehead atoms. The van der Waals surface area contributed by atoms with Gasteiger partial charge < -0.3 is 0 Å². The van der Waals surface area contributed by atoms with Crippen LogP contribution >= 0.6 is 101 Å². The van der Waals surface area contributed by atoms with Gasteiger partial charge in [0.1, 0.15) is 0 Å². The van der Waals surface area contributed by atoms with Crippen molar-refractivity contribution in [1.82, 2.24) is 0 Å². The van der Waals surface area contributed by atoms with Crippen LogP contribution in [0.1, 0.15) is 47.2 Å². The summed E-state index contributed by atoms with van der Waals surface area (Å²) in [4.78, 5) is 7.13. The highest BCUT2D eigenvalue weighted by atomic mass is 32.1. The monoisotopic (exact) mass is 1070 g/mol. The molecule has 10 aromatic carbocycles. The lowest BCUT2D eigenvalue weighted by atomic mass is 9.69. The second-order valence-corrected chi connectivity index (χ2v) is 22.3. The molecule has 0 amide bonds. The molecule has 0 aliphatic carbocycles. The number of hydrogen-bond acceptors (Lipinski definition) is 8. The molecule has 10 aromatic rings. The molecule has 0 aliphatic heterocycles. The molecule has 0 saturated heterocycles. The molecule has 0 atom stereocenters. The Balaban J connectivity index is 1.09. The molecule has 0 nitrogen and oxygen atoms in total. The van der Waals surface area contributed by atoms with E-state index < -0.39 is 10.8 Å². The van der Waals surface area contributed by atoms with Gasteiger partial charge in [-0.3, -0.25) is 0 Å². The van der Waals surface area contributed by atoms with Crippen molar-refractivity contribution in [3.05, 3.63) is 252 Å². The van der Waals surface area contributed by atoms with E-state index in [1.54, 1.807) is 0 Å². The fourth-order valence-corrected chi connectivity index (χ4v) is 12.2. The van der Waals surface area contributed by atoms with Crippen molar-refractivity contribution in [3.63, 3.8) is 0 Å². The highest BCUT2D eigenvalue weighted by Gasteiger charge is 2.35. The van der Waals surface area contributed by atoms with Crippen LogP contribution in [0, 0.1) is 0 Å². The Labute approximate surface area is 468 Å². The van der Waals surface area contributed by atoms with E-state index in [-0.39, 0.29) is 0 Å². The Hall–Kier alpha value is -5.00. The maximum absolute atomic E-state index is 4.97. The standard InChI is InChI=1S/C64H50S8/c1-63(43-27-31-59(69)51(35-43)47-11-3-7-15-55(47)65,44-28-32-60(70)52(36-44)48-12-4-8-16-56(48)66)41-23-19-39(20-24-41)40-21-25-42(26-22-40)64(2,45-29-33-61(71)53(37-45)49-13-5-9-17-57(49)67)46-30-34-62(72)54(38-46)50-14-6-10-18-58(50)68/h3-38,65-72H,1-2H3. The van der Waals surface area contributed by atoms with Crippen LogP contribution in [0.5, 0.6) is 0 Å². The largest absolute Gasteiger partial charge is 0.143 e. The van der Waals surface area contributed by atoms with Crippen molar-refractivity contribution < 1.29 is 0 Å². The van der Waals surface area contributed by atoms with Crippen molar-refractivity contribution >= 4 is 101 Å². The number of hydrogen-bond donors (Lipinski definition) is 8. The van der Waals surface area contributed by atoms with Crippen LogP contribution in [-0.2, 0) is 10.8 Å². The number of thiol groups is 8. The van der Waals surface area contributed by atoms with E-state index in [2.05, 4.69) is 159 Å². The zero-order valence-electron chi connectivity index (χ0n) is 39.4. The SMILES string of the molecule is CC(c1ccc(-c2ccc(C(C)(c3ccc(S)c(-c4ccccc4S)c3)c3ccc(S)c(-c4ccccc4S)c3)cc2)cc1)(c1ccc(S)c(-c2ccccc2S)c1)c1ccc(S)c(-c2ccccc2S)c1. The van der Waals surface area contributed by atoms with Crippen LogP contribution in [0.15, 0.2) is 258 Å². The molecule has 0 saturated carbocycles. The van der Waals surface area contributed by atoms with E-state index in [9.17, 15) is 0 Å². The molecule has 0 fully saturated rings. The summed E-state index contributed by atoms with van der Waals surface area (Å²) < 4.78 is 0. The van der Waals surface area contributed by atoms with Crippen molar-refractivity contribution in [2.45, 2.75) is 63.8 Å². The second kappa shape index (κ2) is 21.1. The predicted molar refractivity (Wildman–Crippen MR) is 329 cm³/mol. The Morgan fingerprint density at radius 2 is 0.403 bits per heavy atom. The van der Waals surface area contributed by atoms with E-state index in [4.69, 9.17) is 101 Å². The van der Waals surface area contributed by atoms with E-state index in [0.29, 0.717) is 0 Å². The lowest BCUT2D eigenvalue weighted by Gasteiger charge is -2.34. The molecule has 0 aromatic heterocycles. The first-order chi connectivity index (χ1) is 34.7. The van der Waals surface area contributed by atoms with Crippen LogP contribution < -0.4 is 0 Å². The summed E-state index contributed by atoms with van der Waals surface area (Å²) >= 11 is 39.4. The number of rotatable bonds is 11. The minimum atomic E-state index is -0.600. The van der Waals surface area contributed by atoms with Gasteiger partial charge in [-0.15, -0.1) is 101 Å². The summed E-state index contributed by atoms with van der Waals surface area (Å²) in [5.74, 6) is 0. The van der Waals surface area contributed by atoms with Crippen molar-refractivity contribution in [1.29, 1.82) is 0 Å². The third kappa shape index (κ3) is 9.55. The summed E-state index contributed by atoms with van der Waals surface area (Å²) in [6.45, 7) is 4.62. The molecule has 72 heavy (non-hydrogen) atoms. The topological polar surface area (TPSA) is 0 Å². The van der Waals surface area contributed by atoms with Crippen LogP contribution in [0.2, 0.25) is 0 Å². The van der Waals surface area contributed by atoms with Gasteiger partial charge in [-0.2, -0.15) is 0 Å². The summed E-state index contributed by atoms with van der Waals surface area (Å²) in [7, 11) is 0. The summed E-state index contributed by atoms with van der Waals surface area (Å²) in [5, 5.41) is 0. The normalized spacial score (nSPS) is 11.8. The molecule has 0 heterocycles. The van der Waals surface area contributed by atoms with Crippen LogP contribution in [0.25, 0.3) is 55.6 Å². The molecular formula is C64H50S8. The fourth-order valence-electron chi connectivity index (χ4n) is 10.0. The molecule has 0 unspecified atom stereocenters. The number of benzene rings is 10. The van der Waals surface area contributed by atoms with Gasteiger partial charge >= 0.3 is 0 Å². The smallest absolute Gasteiger partial charge is 0.0423 e. The van der Waals surface area contributed by atoms with E-state index >= 15 is 0 Å². The van der Waals surface area contributed by atoms with Gasteiger partial charge in [0.15, 0.2) is 0 Å². The predicted octanol–water partition coefficient (Wildman–Crippen LogP) is 19.0. The summed E-state index contributed by atoms with van der Waals surface area (Å²) in [6, 6.07) is 77.1. The van der Waals surface area contributed by atoms with Crippen LogP contribution in [0.4, 0.5) is 0 Å². The quantitative estimate of drug-likeness (QED) is 0.0460. The Bertz CT molecular complexity index is 3220. The molecule has 0 spiro atoms. The summed E-state index contributed by atoms with van der Waals surface area (Å²) in [5.41, 5.74) is 16.0. The zero-order valence-corrected chi connectivity index (χ0v) is 46.5. The molecule has 10 rings (SSSR count). The van der Waals surface area contributed by atoms with Gasteiger partial charge in [0.2, 0.25) is 0 Å². The van der Waals surface area contributed by atoms with Crippen molar-refractivity contribution in [3.8, 4) is 55.6 Å². The first-order valence-electron chi connectivity index (χ1n) is 23.4. The van der Waals surface area contributed by atoms with Gasteiger partial charge in [-0.1, -0.05) is 146 Å².